The van der Waals surface area contributed by atoms with Gasteiger partial charge >= 0.3 is 6.18 Å². The maximum atomic E-state index is 12.6. The number of halogens is 3. The number of nitrogens with one attached hydrogen (secondary N) is 1. The molecule has 106 valence electrons. The van der Waals surface area contributed by atoms with E-state index in [1.54, 1.807) is 6.20 Å². The molecule has 1 unspecified atom stereocenters. The molecule has 5 nitrogen and oxygen atoms in total. The van der Waals surface area contributed by atoms with Crippen molar-refractivity contribution >= 4 is 5.95 Å². The first kappa shape index (κ1) is 12.9. The van der Waals surface area contributed by atoms with Crippen LogP contribution in [-0.4, -0.2) is 25.8 Å². The molecule has 3 rings (SSSR count). The predicted octanol–water partition coefficient (Wildman–Crippen LogP) is 2.12. The summed E-state index contributed by atoms with van der Waals surface area (Å²) in [6, 6.07) is 2.78. The topological polar surface area (TPSA) is 55.6 Å². The molecule has 2 aromatic rings. The number of fused-ring (bicyclic) bond motifs is 1. The highest BCUT2D eigenvalue weighted by Crippen LogP contribution is 2.27. The third kappa shape index (κ3) is 2.59. The Morgan fingerprint density at radius 2 is 2.10 bits per heavy atom. The number of hydrogen-bond donors (Lipinski definition) is 1. The van der Waals surface area contributed by atoms with Crippen molar-refractivity contribution in [3.8, 4) is 0 Å². The van der Waals surface area contributed by atoms with E-state index in [-0.39, 0.29) is 12.0 Å². The van der Waals surface area contributed by atoms with Gasteiger partial charge in [0.1, 0.15) is 5.69 Å². The minimum Gasteiger partial charge on any atom is -0.351 e. The first-order valence-corrected chi connectivity index (χ1v) is 6.20. The number of hydrogen-bond acceptors (Lipinski definition) is 4. The highest BCUT2D eigenvalue weighted by atomic mass is 19.4. The molecule has 0 spiro atoms. The zero-order valence-corrected chi connectivity index (χ0v) is 10.4. The molecule has 0 saturated carbocycles. The summed E-state index contributed by atoms with van der Waals surface area (Å²) in [7, 11) is 0. The molecule has 8 heteroatoms. The number of rotatable bonds is 2. The Morgan fingerprint density at radius 3 is 2.90 bits per heavy atom. The molecular formula is C12H12F3N5. The molecule has 0 aliphatic carbocycles. The van der Waals surface area contributed by atoms with Crippen LogP contribution in [0.5, 0.6) is 0 Å². The Balaban J connectivity index is 1.73. The zero-order chi connectivity index (χ0) is 14.2. The van der Waals surface area contributed by atoms with Crippen LogP contribution in [0.15, 0.2) is 24.5 Å². The van der Waals surface area contributed by atoms with E-state index < -0.39 is 11.9 Å². The Morgan fingerprint density at radius 1 is 1.25 bits per heavy atom. The van der Waals surface area contributed by atoms with Gasteiger partial charge in [-0.15, -0.1) is 0 Å². The van der Waals surface area contributed by atoms with E-state index in [0.717, 1.165) is 30.9 Å². The van der Waals surface area contributed by atoms with Crippen LogP contribution < -0.4 is 5.32 Å². The summed E-state index contributed by atoms with van der Waals surface area (Å²) in [5, 5.41) is 7.11. The van der Waals surface area contributed by atoms with E-state index in [1.807, 2.05) is 10.7 Å². The highest BCUT2D eigenvalue weighted by Gasteiger charge is 2.33. The number of anilines is 1. The zero-order valence-electron chi connectivity index (χ0n) is 10.4. The van der Waals surface area contributed by atoms with E-state index in [0.29, 0.717) is 6.42 Å². The van der Waals surface area contributed by atoms with Crippen molar-refractivity contribution < 1.29 is 13.2 Å². The average molecular weight is 283 g/mol. The van der Waals surface area contributed by atoms with Gasteiger partial charge in [0.15, 0.2) is 0 Å². The third-order valence-corrected chi connectivity index (χ3v) is 3.23. The van der Waals surface area contributed by atoms with Gasteiger partial charge < -0.3 is 5.32 Å². The van der Waals surface area contributed by atoms with Gasteiger partial charge in [0, 0.05) is 37.1 Å². The molecule has 1 N–H and O–H groups in total. The van der Waals surface area contributed by atoms with E-state index in [1.165, 1.54) is 0 Å². The fraction of sp³-hybridized carbons (Fsp3) is 0.417. The normalized spacial score (nSPS) is 18.6. The Labute approximate surface area is 112 Å². The molecule has 1 aliphatic heterocycles. The van der Waals surface area contributed by atoms with Crippen molar-refractivity contribution in [1.82, 2.24) is 19.7 Å². The van der Waals surface area contributed by atoms with Gasteiger partial charge in [-0.1, -0.05) is 0 Å². The van der Waals surface area contributed by atoms with Crippen molar-refractivity contribution in [1.29, 1.82) is 0 Å². The number of alkyl halides is 3. The van der Waals surface area contributed by atoms with E-state index in [9.17, 15) is 13.2 Å². The van der Waals surface area contributed by atoms with Gasteiger partial charge in [0.2, 0.25) is 5.95 Å². The minimum absolute atomic E-state index is 0.0118. The third-order valence-electron chi connectivity index (χ3n) is 3.23. The first-order chi connectivity index (χ1) is 9.52. The van der Waals surface area contributed by atoms with Gasteiger partial charge in [0.25, 0.3) is 0 Å². The van der Waals surface area contributed by atoms with Gasteiger partial charge in [-0.25, -0.2) is 9.97 Å². The first-order valence-electron chi connectivity index (χ1n) is 6.20. The van der Waals surface area contributed by atoms with Crippen LogP contribution in [0.4, 0.5) is 19.1 Å². The monoisotopic (exact) mass is 283 g/mol. The summed E-state index contributed by atoms with van der Waals surface area (Å²) < 4.78 is 39.6. The lowest BCUT2D eigenvalue weighted by Gasteiger charge is -2.24. The molecule has 1 aliphatic rings. The molecule has 0 aromatic carbocycles. The van der Waals surface area contributed by atoms with Crippen LogP contribution in [0.2, 0.25) is 0 Å². The summed E-state index contributed by atoms with van der Waals surface area (Å²) in [5.74, 6) is 0.0118. The summed E-state index contributed by atoms with van der Waals surface area (Å²) in [6.45, 7) is 0.735. The van der Waals surface area contributed by atoms with E-state index in [2.05, 4.69) is 20.4 Å². The second-order valence-corrected chi connectivity index (χ2v) is 4.64. The lowest BCUT2D eigenvalue weighted by molar-refractivity contribution is -0.141. The van der Waals surface area contributed by atoms with Crippen LogP contribution in [0.1, 0.15) is 17.8 Å². The molecule has 2 aromatic heterocycles. The largest absolute Gasteiger partial charge is 0.433 e. The molecular weight excluding hydrogens is 271 g/mol. The summed E-state index contributed by atoms with van der Waals surface area (Å²) in [4.78, 5) is 7.36. The molecule has 0 fully saturated rings. The van der Waals surface area contributed by atoms with Crippen molar-refractivity contribution in [2.75, 3.05) is 5.32 Å². The Kier molecular flexibility index (Phi) is 3.07. The molecule has 0 saturated heterocycles. The minimum atomic E-state index is -4.45. The number of nitrogens with zero attached hydrogens (tertiary/aromatic N) is 4. The fourth-order valence-corrected chi connectivity index (χ4v) is 2.26. The molecule has 3 heterocycles. The van der Waals surface area contributed by atoms with Crippen molar-refractivity contribution in [2.45, 2.75) is 31.6 Å². The van der Waals surface area contributed by atoms with E-state index >= 15 is 0 Å². The summed E-state index contributed by atoms with van der Waals surface area (Å²) in [6.07, 6.45) is -0.151. The van der Waals surface area contributed by atoms with Gasteiger partial charge in [-0.3, -0.25) is 4.68 Å². The van der Waals surface area contributed by atoms with Gasteiger partial charge in [-0.05, 0) is 18.6 Å². The molecule has 1 atom stereocenters. The van der Waals surface area contributed by atoms with Crippen LogP contribution in [0, 0.1) is 0 Å². The van der Waals surface area contributed by atoms with Crippen LogP contribution in [0.3, 0.4) is 0 Å². The fourth-order valence-electron chi connectivity index (χ4n) is 2.26. The predicted molar refractivity (Wildman–Crippen MR) is 65.0 cm³/mol. The number of aryl methyl sites for hydroxylation is 1. The highest BCUT2D eigenvalue weighted by molar-refractivity contribution is 5.29. The van der Waals surface area contributed by atoms with Crippen molar-refractivity contribution in [3.63, 3.8) is 0 Å². The molecule has 0 bridgehead atoms. The lowest BCUT2D eigenvalue weighted by Crippen LogP contribution is -2.31. The SMILES string of the molecule is FC(F)(F)c1ccnc(NC2CCn3nccc3C2)n1. The van der Waals surface area contributed by atoms with Crippen LogP contribution in [0.25, 0.3) is 0 Å². The number of aromatic nitrogens is 4. The van der Waals surface area contributed by atoms with Crippen molar-refractivity contribution in [2.24, 2.45) is 0 Å². The Hall–Kier alpha value is -2.12. The second-order valence-electron chi connectivity index (χ2n) is 4.64. The maximum Gasteiger partial charge on any atom is 0.433 e. The van der Waals surface area contributed by atoms with Crippen LogP contribution in [-0.2, 0) is 19.1 Å². The molecule has 0 radical (unpaired) electrons. The lowest BCUT2D eigenvalue weighted by atomic mass is 10.0. The van der Waals surface area contributed by atoms with Crippen molar-refractivity contribution in [3.05, 3.63) is 35.9 Å². The van der Waals surface area contributed by atoms with Gasteiger partial charge in [-0.2, -0.15) is 18.3 Å². The summed E-state index contributed by atoms with van der Waals surface area (Å²) in [5.41, 5.74) is 0.122. The quantitative estimate of drug-likeness (QED) is 0.917. The van der Waals surface area contributed by atoms with Crippen LogP contribution >= 0.6 is 0 Å². The van der Waals surface area contributed by atoms with Gasteiger partial charge in [0.05, 0.1) is 0 Å². The van der Waals surface area contributed by atoms with E-state index in [4.69, 9.17) is 0 Å². The Bertz CT molecular complexity index is 607. The smallest absolute Gasteiger partial charge is 0.351 e. The maximum absolute atomic E-state index is 12.6. The second kappa shape index (κ2) is 4.77. The molecule has 20 heavy (non-hydrogen) atoms. The standard InChI is InChI=1S/C12H12F3N5/c13-12(14,15)10-2-4-16-11(19-10)18-8-3-6-20-9(7-8)1-5-17-20/h1-2,4-5,8H,3,6-7H2,(H,16,18,19). The average Bonchev–Trinajstić information content (AvgIpc) is 2.85. The summed E-state index contributed by atoms with van der Waals surface area (Å²) >= 11 is 0. The molecule has 0 amide bonds.